The number of rotatable bonds is 0. The van der Waals surface area contributed by atoms with Crippen LogP contribution in [0.4, 0.5) is 0 Å². The lowest BCUT2D eigenvalue weighted by molar-refractivity contribution is -0.128. The highest BCUT2D eigenvalue weighted by molar-refractivity contribution is 7.72. The normalized spacial score (nSPS) is 36.5. The van der Waals surface area contributed by atoms with Gasteiger partial charge in [0.25, 0.3) is 15.5 Å². The molecule has 0 aromatic rings. The molecule has 1 saturated heterocycles. The molecule has 1 heterocycles. The van der Waals surface area contributed by atoms with Crippen molar-refractivity contribution in [3.8, 4) is 0 Å². The summed E-state index contributed by atoms with van der Waals surface area (Å²) in [5.74, 6) is 1.19. The smallest absolute Gasteiger partial charge is 0.287 e. The summed E-state index contributed by atoms with van der Waals surface area (Å²) in [4.78, 5) is 15.6. The summed E-state index contributed by atoms with van der Waals surface area (Å²) in [5, 5.41) is -0.0741. The number of hydrogen-bond acceptors (Lipinski definition) is 4. The van der Waals surface area contributed by atoms with Crippen LogP contribution in [0, 0.1) is 16.7 Å². The van der Waals surface area contributed by atoms with Crippen molar-refractivity contribution in [1.82, 2.24) is 5.48 Å². The molecule has 3 fully saturated rings. The summed E-state index contributed by atoms with van der Waals surface area (Å²) in [5.41, 5.74) is 2.35. The summed E-state index contributed by atoms with van der Waals surface area (Å²) in [7, 11) is -2.17. The molecule has 3 aliphatic rings. The number of nitrogens with one attached hydrogen (secondary N) is 1. The molecule has 0 spiro atoms. The van der Waals surface area contributed by atoms with Gasteiger partial charge in [-0.05, 0) is 24.2 Å². The Morgan fingerprint density at radius 1 is 1.35 bits per heavy atom. The molecule has 2 atom stereocenters. The van der Waals surface area contributed by atoms with E-state index in [0.717, 1.165) is 12.8 Å². The predicted molar refractivity (Wildman–Crippen MR) is 62.4 cm³/mol. The van der Waals surface area contributed by atoms with E-state index in [2.05, 4.69) is 25.6 Å². The second kappa shape index (κ2) is 3.90. The van der Waals surface area contributed by atoms with E-state index >= 15 is 0 Å². The predicted octanol–water partition coefficient (Wildman–Crippen LogP) is 0.889. The number of hydroxylamine groups is 1. The monoisotopic (exact) mass is 259 g/mol. The van der Waals surface area contributed by atoms with Crippen LogP contribution in [-0.4, -0.2) is 19.4 Å². The van der Waals surface area contributed by atoms with Crippen molar-refractivity contribution in [2.24, 2.45) is 16.7 Å². The van der Waals surface area contributed by atoms with Crippen LogP contribution in [0.3, 0.4) is 0 Å². The van der Waals surface area contributed by atoms with Crippen LogP contribution in [0.2, 0.25) is 0 Å². The number of fused-ring (bicyclic) bond motifs is 2. The standard InChI is InChI=1S/C10H16O.CHNO3S/c1-9(2)7-4-5-10(9,3)8(11)6-7;3-6(4)1-2-5-1/h7H,4-6H2,1-3H3;2H/t7?,10-;/m0./s1. The molecule has 1 unspecified atom stereocenters. The average molecular weight is 259 g/mol. The molecular weight excluding hydrogens is 242 g/mol. The number of ketones is 1. The largest absolute Gasteiger partial charge is 0.299 e. The molecule has 0 amide bonds. The molecule has 2 bridgehead atoms. The summed E-state index contributed by atoms with van der Waals surface area (Å²) in [6.07, 6.45) is 3.25. The second-order valence-electron chi connectivity index (χ2n) is 5.64. The van der Waals surface area contributed by atoms with Gasteiger partial charge in [0.15, 0.2) is 0 Å². The lowest BCUT2D eigenvalue weighted by Gasteiger charge is -2.32. The van der Waals surface area contributed by atoms with Gasteiger partial charge in [0.2, 0.25) is 0 Å². The highest BCUT2D eigenvalue weighted by Crippen LogP contribution is 2.63. The van der Waals surface area contributed by atoms with Crippen LogP contribution in [-0.2, 0) is 19.9 Å². The van der Waals surface area contributed by atoms with Gasteiger partial charge in [-0.2, -0.15) is 8.42 Å². The van der Waals surface area contributed by atoms with Gasteiger partial charge in [-0.25, -0.2) is 4.84 Å². The zero-order valence-corrected chi connectivity index (χ0v) is 11.1. The number of carbonyl (C=O) groups excluding carboxylic acids is 1. The van der Waals surface area contributed by atoms with E-state index < -0.39 is 10.3 Å². The van der Waals surface area contributed by atoms with E-state index in [0.29, 0.717) is 11.7 Å². The van der Waals surface area contributed by atoms with E-state index in [9.17, 15) is 13.2 Å². The van der Waals surface area contributed by atoms with Crippen molar-refractivity contribution in [2.45, 2.75) is 40.0 Å². The Bertz CT molecular complexity index is 480. The van der Waals surface area contributed by atoms with Gasteiger partial charge in [0.05, 0.1) is 0 Å². The van der Waals surface area contributed by atoms with Gasteiger partial charge < -0.3 is 0 Å². The van der Waals surface area contributed by atoms with Crippen LogP contribution >= 0.6 is 0 Å². The molecule has 17 heavy (non-hydrogen) atoms. The maximum absolute atomic E-state index is 11.6. The molecule has 3 rings (SSSR count). The quantitative estimate of drug-likeness (QED) is 0.516. The lowest BCUT2D eigenvalue weighted by Crippen LogP contribution is -2.32. The topological polar surface area (TPSA) is 85.7 Å². The maximum Gasteiger partial charge on any atom is 0.287 e. The first kappa shape index (κ1) is 12.7. The van der Waals surface area contributed by atoms with Crippen LogP contribution in [0.25, 0.3) is 0 Å². The summed E-state index contributed by atoms with van der Waals surface area (Å²) < 4.78 is 19.1. The molecule has 5 nitrogen and oxygen atoms in total. The third kappa shape index (κ3) is 1.94. The Hall–Kier alpha value is -0.720. The van der Waals surface area contributed by atoms with Crippen molar-refractivity contribution < 1.29 is 18.0 Å². The van der Waals surface area contributed by atoms with E-state index in [1.165, 1.54) is 6.42 Å². The minimum absolute atomic E-state index is 0.0255. The molecule has 96 valence electrons. The molecule has 2 saturated carbocycles. The fourth-order valence-electron chi connectivity index (χ4n) is 2.99. The zero-order chi connectivity index (χ0) is 12.8. The third-order valence-corrected chi connectivity index (χ3v) is 5.29. The first-order valence-electron chi connectivity index (χ1n) is 5.71. The summed E-state index contributed by atoms with van der Waals surface area (Å²) >= 11 is 0. The molecule has 1 aliphatic heterocycles. The Kier molecular flexibility index (Phi) is 2.92. The minimum Gasteiger partial charge on any atom is -0.299 e. The Morgan fingerprint density at radius 2 is 1.94 bits per heavy atom. The van der Waals surface area contributed by atoms with Crippen molar-refractivity contribution >= 4 is 21.3 Å². The minimum atomic E-state index is -2.17. The van der Waals surface area contributed by atoms with E-state index in [4.69, 9.17) is 0 Å². The van der Waals surface area contributed by atoms with Crippen LogP contribution < -0.4 is 5.48 Å². The lowest BCUT2D eigenvalue weighted by atomic mass is 9.70. The van der Waals surface area contributed by atoms with Crippen molar-refractivity contribution in [3.05, 3.63) is 0 Å². The zero-order valence-electron chi connectivity index (χ0n) is 10.2. The number of hydrogen-bond donors (Lipinski definition) is 1. The molecule has 1 N–H and O–H groups in total. The number of carbonyl (C=O) groups is 1. The highest BCUT2D eigenvalue weighted by Gasteiger charge is 2.61. The number of Topliss-reactive ketones (excluding diaryl/α,β-unsaturated/α-hetero) is 1. The van der Waals surface area contributed by atoms with E-state index in [1.54, 1.807) is 0 Å². The summed E-state index contributed by atoms with van der Waals surface area (Å²) in [6.45, 7) is 6.67. The highest BCUT2D eigenvalue weighted by atomic mass is 32.2. The van der Waals surface area contributed by atoms with Crippen LogP contribution in [0.1, 0.15) is 40.0 Å². The fraction of sp³-hybridized carbons (Fsp3) is 0.818. The van der Waals surface area contributed by atoms with Crippen molar-refractivity contribution in [2.75, 3.05) is 0 Å². The second-order valence-corrected chi connectivity index (χ2v) is 6.48. The first-order valence-corrected chi connectivity index (χ1v) is 6.79. The third-order valence-electron chi connectivity index (χ3n) is 4.82. The van der Waals surface area contributed by atoms with Crippen molar-refractivity contribution in [1.29, 1.82) is 0 Å². The first-order chi connectivity index (χ1) is 7.79. The Balaban J connectivity index is 0.000000153. The van der Waals surface area contributed by atoms with Gasteiger partial charge in [0, 0.05) is 11.8 Å². The maximum atomic E-state index is 11.6. The van der Waals surface area contributed by atoms with Gasteiger partial charge in [-0.1, -0.05) is 20.8 Å². The van der Waals surface area contributed by atoms with Gasteiger partial charge in [-0.3, -0.25) is 4.79 Å². The van der Waals surface area contributed by atoms with Gasteiger partial charge >= 0.3 is 0 Å². The van der Waals surface area contributed by atoms with E-state index in [1.807, 2.05) is 5.48 Å². The Labute approximate surface area is 102 Å². The molecular formula is C11H17NO4S. The fourth-order valence-corrected chi connectivity index (χ4v) is 3.17. The average Bonchev–Trinajstić information content (AvgIpc) is 3.00. The van der Waals surface area contributed by atoms with Gasteiger partial charge in [-0.15, -0.1) is 5.48 Å². The Morgan fingerprint density at radius 3 is 2.06 bits per heavy atom. The van der Waals surface area contributed by atoms with Crippen molar-refractivity contribution in [3.63, 3.8) is 0 Å². The molecule has 2 aliphatic carbocycles. The SMILES string of the molecule is CC1(C)C2CC[C@@]1(C)C(=O)C2.O=S(=O)=C1NO1. The molecule has 6 heteroatoms. The molecule has 0 aromatic carbocycles. The molecule has 0 aromatic heterocycles. The van der Waals surface area contributed by atoms with Crippen LogP contribution in [0.5, 0.6) is 0 Å². The summed E-state index contributed by atoms with van der Waals surface area (Å²) in [6, 6.07) is 0. The van der Waals surface area contributed by atoms with Crippen LogP contribution in [0.15, 0.2) is 0 Å². The van der Waals surface area contributed by atoms with E-state index in [-0.39, 0.29) is 16.0 Å². The molecule has 0 radical (unpaired) electrons. The van der Waals surface area contributed by atoms with Gasteiger partial charge in [0.1, 0.15) is 5.78 Å².